The van der Waals surface area contributed by atoms with E-state index in [-0.39, 0.29) is 0 Å². The van der Waals surface area contributed by atoms with Gasteiger partial charge in [0.2, 0.25) is 0 Å². The number of fused-ring (bicyclic) bond motifs is 3. The topological polar surface area (TPSA) is 15.3 Å². The molecule has 2 heteroatoms. The molecule has 0 aromatic heterocycles. The fraction of sp³-hybridized carbons (Fsp3) is 0.125. The molecule has 0 amide bonds. The number of hydrogen-bond acceptors (Lipinski definition) is 2. The van der Waals surface area contributed by atoms with Gasteiger partial charge in [0.25, 0.3) is 0 Å². The number of benzene rings is 8. The maximum absolute atomic E-state index is 3.92. The van der Waals surface area contributed by atoms with Gasteiger partial charge in [-0.25, -0.2) is 0 Å². The maximum atomic E-state index is 3.92. The molecule has 0 saturated carbocycles. The SMILES string of the molecule is Cc1ccc(Nc2c3cc(-c4cccc5ccccc45)ccc3c(N(c3ccc(C)cc3)c3ccc(C)cc3)c3cc(C(C)C)ccc23)cc1. The first-order valence-electron chi connectivity index (χ1n) is 17.6. The summed E-state index contributed by atoms with van der Waals surface area (Å²) in [5.41, 5.74) is 13.1. The van der Waals surface area contributed by atoms with Gasteiger partial charge in [-0.1, -0.05) is 134 Å². The van der Waals surface area contributed by atoms with Crippen LogP contribution < -0.4 is 10.2 Å². The Balaban J connectivity index is 1.51. The molecule has 0 aliphatic rings. The Morgan fingerprint density at radius 2 is 1.08 bits per heavy atom. The Kier molecular flexibility index (Phi) is 8.09. The van der Waals surface area contributed by atoms with Crippen molar-refractivity contribution in [1.82, 2.24) is 0 Å². The first-order chi connectivity index (χ1) is 24.3. The Morgan fingerprint density at radius 3 is 1.74 bits per heavy atom. The second-order valence-electron chi connectivity index (χ2n) is 14.0. The van der Waals surface area contributed by atoms with Crippen molar-refractivity contribution in [3.05, 3.63) is 174 Å². The van der Waals surface area contributed by atoms with Gasteiger partial charge in [-0.2, -0.15) is 0 Å². The average Bonchev–Trinajstić information content (AvgIpc) is 3.14. The number of nitrogens with one attached hydrogen (secondary N) is 1. The number of hydrogen-bond donors (Lipinski definition) is 1. The molecule has 50 heavy (non-hydrogen) atoms. The van der Waals surface area contributed by atoms with Crippen molar-refractivity contribution in [1.29, 1.82) is 0 Å². The van der Waals surface area contributed by atoms with Crippen molar-refractivity contribution in [2.75, 3.05) is 10.2 Å². The highest BCUT2D eigenvalue weighted by atomic mass is 15.1. The van der Waals surface area contributed by atoms with Gasteiger partial charge in [0.05, 0.1) is 11.4 Å². The molecular formula is C48H42N2. The van der Waals surface area contributed by atoms with Crippen LogP contribution in [0.15, 0.2) is 152 Å². The molecule has 0 fully saturated rings. The molecule has 1 N–H and O–H groups in total. The molecule has 2 nitrogen and oxygen atoms in total. The van der Waals surface area contributed by atoms with E-state index in [0.29, 0.717) is 5.92 Å². The van der Waals surface area contributed by atoms with E-state index in [1.165, 1.54) is 71.4 Å². The summed E-state index contributed by atoms with van der Waals surface area (Å²) in [6.45, 7) is 11.0. The fourth-order valence-corrected chi connectivity index (χ4v) is 7.18. The van der Waals surface area contributed by atoms with Crippen LogP contribution in [0, 0.1) is 20.8 Å². The van der Waals surface area contributed by atoms with Crippen LogP contribution >= 0.6 is 0 Å². The predicted octanol–water partition coefficient (Wildman–Crippen LogP) is 14.1. The molecule has 0 heterocycles. The van der Waals surface area contributed by atoms with E-state index in [0.717, 1.165) is 22.7 Å². The third-order valence-corrected chi connectivity index (χ3v) is 10.0. The lowest BCUT2D eigenvalue weighted by atomic mass is 9.90. The van der Waals surface area contributed by atoms with Crippen LogP contribution in [-0.4, -0.2) is 0 Å². The highest BCUT2D eigenvalue weighted by Gasteiger charge is 2.23. The monoisotopic (exact) mass is 646 g/mol. The Morgan fingerprint density at radius 1 is 0.480 bits per heavy atom. The van der Waals surface area contributed by atoms with E-state index in [2.05, 4.69) is 196 Å². The summed E-state index contributed by atoms with van der Waals surface area (Å²) in [5, 5.41) is 11.2. The molecule has 0 aliphatic heterocycles. The quantitative estimate of drug-likeness (QED) is 0.137. The van der Waals surface area contributed by atoms with Crippen LogP contribution in [0.25, 0.3) is 43.4 Å². The Bertz CT molecular complexity index is 2440. The number of anilines is 5. The summed E-state index contributed by atoms with van der Waals surface area (Å²) < 4.78 is 0. The Labute approximate surface area is 295 Å². The molecular weight excluding hydrogens is 605 g/mol. The summed E-state index contributed by atoms with van der Waals surface area (Å²) in [4.78, 5) is 2.46. The molecule has 8 aromatic rings. The molecule has 0 radical (unpaired) electrons. The van der Waals surface area contributed by atoms with Gasteiger partial charge in [0.1, 0.15) is 0 Å². The smallest absolute Gasteiger partial charge is 0.0620 e. The average molecular weight is 647 g/mol. The molecule has 0 atom stereocenters. The summed E-state index contributed by atoms with van der Waals surface area (Å²) >= 11 is 0. The number of rotatable bonds is 7. The van der Waals surface area contributed by atoms with E-state index in [9.17, 15) is 0 Å². The van der Waals surface area contributed by atoms with Gasteiger partial charge in [0.15, 0.2) is 0 Å². The van der Waals surface area contributed by atoms with E-state index in [4.69, 9.17) is 0 Å². The fourth-order valence-electron chi connectivity index (χ4n) is 7.18. The lowest BCUT2D eigenvalue weighted by Crippen LogP contribution is -2.12. The molecule has 0 bridgehead atoms. The number of aryl methyl sites for hydroxylation is 3. The second-order valence-corrected chi connectivity index (χ2v) is 14.0. The second kappa shape index (κ2) is 12.9. The highest BCUT2D eigenvalue weighted by molar-refractivity contribution is 6.23. The maximum Gasteiger partial charge on any atom is 0.0620 e. The van der Waals surface area contributed by atoms with Crippen LogP contribution in [0.1, 0.15) is 42.0 Å². The van der Waals surface area contributed by atoms with Crippen LogP contribution in [0.4, 0.5) is 28.4 Å². The van der Waals surface area contributed by atoms with Crippen molar-refractivity contribution in [2.24, 2.45) is 0 Å². The lowest BCUT2D eigenvalue weighted by molar-refractivity contribution is 0.869. The van der Waals surface area contributed by atoms with Crippen molar-refractivity contribution < 1.29 is 0 Å². The molecule has 0 unspecified atom stereocenters. The molecule has 0 saturated heterocycles. The minimum atomic E-state index is 0.386. The molecule has 8 aromatic carbocycles. The van der Waals surface area contributed by atoms with Crippen LogP contribution in [0.2, 0.25) is 0 Å². The minimum Gasteiger partial charge on any atom is -0.355 e. The van der Waals surface area contributed by atoms with Gasteiger partial charge in [0, 0.05) is 38.6 Å². The largest absolute Gasteiger partial charge is 0.355 e. The first kappa shape index (κ1) is 31.4. The van der Waals surface area contributed by atoms with Gasteiger partial charge in [-0.15, -0.1) is 0 Å². The van der Waals surface area contributed by atoms with Crippen molar-refractivity contribution in [2.45, 2.75) is 40.5 Å². The highest BCUT2D eigenvalue weighted by Crippen LogP contribution is 2.49. The third kappa shape index (κ3) is 5.77. The lowest BCUT2D eigenvalue weighted by Gasteiger charge is -2.30. The Hall–Kier alpha value is -5.86. The van der Waals surface area contributed by atoms with Crippen LogP contribution in [-0.2, 0) is 0 Å². The van der Waals surface area contributed by atoms with Crippen molar-refractivity contribution in [3.8, 4) is 11.1 Å². The summed E-state index contributed by atoms with van der Waals surface area (Å²) in [6, 6.07) is 56.0. The summed E-state index contributed by atoms with van der Waals surface area (Å²) in [5.74, 6) is 0.386. The minimum absolute atomic E-state index is 0.386. The first-order valence-corrected chi connectivity index (χ1v) is 17.6. The van der Waals surface area contributed by atoms with E-state index < -0.39 is 0 Å². The molecule has 8 rings (SSSR count). The summed E-state index contributed by atoms with van der Waals surface area (Å²) in [6.07, 6.45) is 0. The van der Waals surface area contributed by atoms with E-state index in [1.807, 2.05) is 0 Å². The standard InChI is InChI=1S/C48H42N2/c1-31(2)36-19-27-43-46(29-36)48(50(39-23-15-33(4)16-24-39)40-25-17-34(5)18-26-40)44-28-20-37(42-12-8-10-35-9-6-7-11-41(35)42)30-45(44)47(43)49-38-21-13-32(3)14-22-38/h6-31,49H,1-5H3. The van der Waals surface area contributed by atoms with Crippen LogP contribution in [0.3, 0.4) is 0 Å². The van der Waals surface area contributed by atoms with Crippen LogP contribution in [0.5, 0.6) is 0 Å². The van der Waals surface area contributed by atoms with Gasteiger partial charge < -0.3 is 10.2 Å². The zero-order chi connectivity index (χ0) is 34.4. The predicted molar refractivity (Wildman–Crippen MR) is 217 cm³/mol. The van der Waals surface area contributed by atoms with Crippen molar-refractivity contribution >= 4 is 60.8 Å². The van der Waals surface area contributed by atoms with Gasteiger partial charge in [-0.05, 0) is 103 Å². The third-order valence-electron chi connectivity index (χ3n) is 10.0. The summed E-state index contributed by atoms with van der Waals surface area (Å²) in [7, 11) is 0. The zero-order valence-electron chi connectivity index (χ0n) is 29.5. The van der Waals surface area contributed by atoms with E-state index in [1.54, 1.807) is 0 Å². The van der Waals surface area contributed by atoms with Crippen molar-refractivity contribution in [3.63, 3.8) is 0 Å². The van der Waals surface area contributed by atoms with Gasteiger partial charge >= 0.3 is 0 Å². The van der Waals surface area contributed by atoms with Gasteiger partial charge in [-0.3, -0.25) is 0 Å². The van der Waals surface area contributed by atoms with E-state index >= 15 is 0 Å². The normalized spacial score (nSPS) is 11.5. The molecule has 0 aliphatic carbocycles. The zero-order valence-corrected chi connectivity index (χ0v) is 29.5. The molecule has 244 valence electrons. The number of nitrogens with zero attached hydrogens (tertiary/aromatic N) is 1. The molecule has 0 spiro atoms.